The van der Waals surface area contributed by atoms with Gasteiger partial charge in [-0.2, -0.15) is 0 Å². The Balaban J connectivity index is 1.87. The fourth-order valence-corrected chi connectivity index (χ4v) is 2.64. The predicted molar refractivity (Wildman–Crippen MR) is 75.9 cm³/mol. The van der Waals surface area contributed by atoms with E-state index in [0.29, 0.717) is 0 Å². The van der Waals surface area contributed by atoms with Gasteiger partial charge in [-0.1, -0.05) is 29.9 Å². The topological polar surface area (TPSA) is 59.2 Å². The Morgan fingerprint density at radius 2 is 2.25 bits per heavy atom. The van der Waals surface area contributed by atoms with Gasteiger partial charge in [0.2, 0.25) is 0 Å². The number of hydrogen-bond donors (Lipinski definition) is 0. The number of tetrazole rings is 1. The van der Waals surface area contributed by atoms with Crippen LogP contribution in [0.25, 0.3) is 5.70 Å². The van der Waals surface area contributed by atoms with Crippen molar-refractivity contribution in [3.05, 3.63) is 47.4 Å². The molecule has 0 spiro atoms. The first-order valence-electron chi connectivity index (χ1n) is 6.66. The average Bonchev–Trinajstić information content (AvgIpc) is 3.10. The van der Waals surface area contributed by atoms with E-state index in [4.69, 9.17) is 0 Å². The maximum atomic E-state index is 4.27. The normalized spacial score (nSPS) is 23.8. The lowest BCUT2D eigenvalue weighted by molar-refractivity contribution is 0.548. The van der Waals surface area contributed by atoms with Gasteiger partial charge < -0.3 is 4.90 Å². The maximum Gasteiger partial charge on any atom is 0.199 e. The Morgan fingerprint density at radius 3 is 3.10 bits per heavy atom. The van der Waals surface area contributed by atoms with Crippen LogP contribution in [0.3, 0.4) is 0 Å². The van der Waals surface area contributed by atoms with E-state index in [1.54, 1.807) is 0 Å². The summed E-state index contributed by atoms with van der Waals surface area (Å²) in [4.78, 5) is 6.37. The molecule has 6 nitrogen and oxygen atoms in total. The molecule has 0 fully saturated rings. The number of rotatable bonds is 1. The molecule has 0 saturated heterocycles. The van der Waals surface area contributed by atoms with Gasteiger partial charge in [-0.25, -0.2) is 4.68 Å². The average molecular weight is 266 g/mol. The Kier molecular flexibility index (Phi) is 2.42. The summed E-state index contributed by atoms with van der Waals surface area (Å²) < 4.78 is 1.87. The second kappa shape index (κ2) is 4.26. The van der Waals surface area contributed by atoms with Gasteiger partial charge in [0.05, 0.1) is 24.6 Å². The molecule has 0 amide bonds. The van der Waals surface area contributed by atoms with Gasteiger partial charge in [0.15, 0.2) is 5.82 Å². The van der Waals surface area contributed by atoms with Crippen LogP contribution in [0.2, 0.25) is 0 Å². The number of nitrogens with zero attached hydrogens (tertiary/aromatic N) is 6. The lowest BCUT2D eigenvalue weighted by Crippen LogP contribution is -2.26. The van der Waals surface area contributed by atoms with Crippen molar-refractivity contribution in [1.29, 1.82) is 0 Å². The van der Waals surface area contributed by atoms with E-state index in [0.717, 1.165) is 24.6 Å². The summed E-state index contributed by atoms with van der Waals surface area (Å²) in [6.07, 6.45) is 12.5. The van der Waals surface area contributed by atoms with Gasteiger partial charge in [-0.05, 0) is 29.0 Å². The molecule has 100 valence electrons. The zero-order chi connectivity index (χ0) is 13.5. The second-order valence-electron chi connectivity index (χ2n) is 5.07. The molecule has 2 aliphatic heterocycles. The van der Waals surface area contributed by atoms with E-state index in [2.05, 4.69) is 62.7 Å². The van der Waals surface area contributed by atoms with E-state index < -0.39 is 0 Å². The molecule has 1 atom stereocenters. The fraction of sp³-hybridized carbons (Fsp3) is 0.286. The van der Waals surface area contributed by atoms with Crippen molar-refractivity contribution >= 4 is 12.0 Å². The lowest BCUT2D eigenvalue weighted by atomic mass is 10.0. The minimum absolute atomic E-state index is 0.0667. The molecule has 6 heteroatoms. The Hall–Kier alpha value is -2.50. The zero-order valence-corrected chi connectivity index (χ0v) is 11.1. The van der Waals surface area contributed by atoms with Crippen LogP contribution in [-0.2, 0) is 0 Å². The molecule has 4 rings (SSSR count). The Bertz CT molecular complexity index is 703. The van der Waals surface area contributed by atoms with Gasteiger partial charge in [0.25, 0.3) is 0 Å². The number of hydrogen-bond acceptors (Lipinski definition) is 5. The van der Waals surface area contributed by atoms with Gasteiger partial charge in [0.1, 0.15) is 0 Å². The van der Waals surface area contributed by atoms with Crippen LogP contribution >= 0.6 is 0 Å². The highest BCUT2D eigenvalue weighted by Gasteiger charge is 2.29. The SMILES string of the molecule is CC1=CC=C2C=C(N3C=NCC3)c3nnnn3C2C=C1. The van der Waals surface area contributed by atoms with Crippen molar-refractivity contribution in [3.8, 4) is 0 Å². The molecule has 1 unspecified atom stereocenters. The van der Waals surface area contributed by atoms with Gasteiger partial charge in [0, 0.05) is 6.54 Å². The fourth-order valence-electron chi connectivity index (χ4n) is 2.64. The Labute approximate surface area is 116 Å². The largest absolute Gasteiger partial charge is 0.328 e. The van der Waals surface area contributed by atoms with Crippen LogP contribution in [-0.4, -0.2) is 44.5 Å². The quantitative estimate of drug-likeness (QED) is 0.770. The van der Waals surface area contributed by atoms with Crippen LogP contribution < -0.4 is 0 Å². The van der Waals surface area contributed by atoms with Gasteiger partial charge >= 0.3 is 0 Å². The molecule has 3 aliphatic rings. The van der Waals surface area contributed by atoms with E-state index >= 15 is 0 Å². The van der Waals surface area contributed by atoms with E-state index in [-0.39, 0.29) is 6.04 Å². The van der Waals surface area contributed by atoms with Crippen LogP contribution in [0.15, 0.2) is 46.5 Å². The van der Waals surface area contributed by atoms with E-state index in [1.807, 2.05) is 11.0 Å². The molecule has 1 aromatic rings. The summed E-state index contributed by atoms with van der Waals surface area (Å²) in [7, 11) is 0. The van der Waals surface area contributed by atoms with E-state index in [1.165, 1.54) is 11.1 Å². The van der Waals surface area contributed by atoms with Crippen molar-refractivity contribution in [2.45, 2.75) is 13.0 Å². The molecule has 0 radical (unpaired) electrons. The summed E-state index contributed by atoms with van der Waals surface area (Å²) >= 11 is 0. The van der Waals surface area contributed by atoms with Crippen LogP contribution in [0.5, 0.6) is 0 Å². The molecule has 1 aliphatic carbocycles. The van der Waals surface area contributed by atoms with Crippen LogP contribution in [0.4, 0.5) is 0 Å². The maximum absolute atomic E-state index is 4.27. The summed E-state index contributed by atoms with van der Waals surface area (Å²) in [6, 6.07) is 0.0667. The molecule has 0 aromatic carbocycles. The van der Waals surface area contributed by atoms with Crippen LogP contribution in [0.1, 0.15) is 18.8 Å². The van der Waals surface area contributed by atoms with Crippen molar-refractivity contribution < 1.29 is 0 Å². The number of allylic oxidation sites excluding steroid dienone is 7. The highest BCUT2D eigenvalue weighted by atomic mass is 15.6. The van der Waals surface area contributed by atoms with Crippen molar-refractivity contribution in [3.63, 3.8) is 0 Å². The number of fused-ring (bicyclic) bond motifs is 3. The number of aromatic nitrogens is 4. The minimum Gasteiger partial charge on any atom is -0.328 e. The Morgan fingerprint density at radius 1 is 1.30 bits per heavy atom. The summed E-state index contributed by atoms with van der Waals surface area (Å²) in [5.41, 5.74) is 3.42. The summed E-state index contributed by atoms with van der Waals surface area (Å²) in [5.74, 6) is 0.796. The first kappa shape index (κ1) is 11.3. The minimum atomic E-state index is 0.0667. The molecule has 3 heterocycles. The van der Waals surface area contributed by atoms with Crippen LogP contribution in [0, 0.1) is 0 Å². The van der Waals surface area contributed by atoms with Crippen molar-refractivity contribution in [1.82, 2.24) is 25.1 Å². The third-order valence-electron chi connectivity index (χ3n) is 3.71. The summed E-state index contributed by atoms with van der Waals surface area (Å²) in [5, 5.41) is 12.2. The van der Waals surface area contributed by atoms with Crippen molar-refractivity contribution in [2.24, 2.45) is 4.99 Å². The number of aliphatic imine (C=N–C) groups is 1. The first-order valence-corrected chi connectivity index (χ1v) is 6.66. The molecular formula is C14H14N6. The zero-order valence-electron chi connectivity index (χ0n) is 11.1. The molecule has 20 heavy (non-hydrogen) atoms. The summed E-state index contributed by atoms with van der Waals surface area (Å²) in [6.45, 7) is 3.78. The molecule has 0 saturated carbocycles. The third-order valence-corrected chi connectivity index (χ3v) is 3.71. The van der Waals surface area contributed by atoms with Gasteiger partial charge in [-0.3, -0.25) is 4.99 Å². The highest BCUT2D eigenvalue weighted by molar-refractivity contribution is 5.77. The molecule has 0 bridgehead atoms. The molecule has 0 N–H and O–H groups in total. The van der Waals surface area contributed by atoms with Crippen molar-refractivity contribution in [2.75, 3.05) is 13.1 Å². The van der Waals surface area contributed by atoms with Gasteiger partial charge in [-0.15, -0.1) is 5.10 Å². The standard InChI is InChI=1S/C14H14N6/c1-10-2-4-11-8-13(19-7-6-15-9-19)14-16-17-18-20(14)12(11)5-3-10/h2-5,8-9,12H,6-7H2,1H3. The second-order valence-corrected chi connectivity index (χ2v) is 5.07. The molecule has 1 aromatic heterocycles. The molecular weight excluding hydrogens is 252 g/mol. The monoisotopic (exact) mass is 266 g/mol. The lowest BCUT2D eigenvalue weighted by Gasteiger charge is -2.26. The first-order chi connectivity index (χ1) is 9.83. The highest BCUT2D eigenvalue weighted by Crippen LogP contribution is 2.34. The smallest absolute Gasteiger partial charge is 0.199 e. The third kappa shape index (κ3) is 1.65. The predicted octanol–water partition coefficient (Wildman–Crippen LogP) is 1.36. The van der Waals surface area contributed by atoms with E-state index in [9.17, 15) is 0 Å².